The maximum atomic E-state index is 5.66. The van der Waals surface area contributed by atoms with Crippen molar-refractivity contribution in [1.82, 2.24) is 5.32 Å². The molecular weight excluding hydrogens is 338 g/mol. The Bertz CT molecular complexity index is 390. The molecule has 0 amide bonds. The van der Waals surface area contributed by atoms with E-state index in [2.05, 4.69) is 21.2 Å². The lowest BCUT2D eigenvalue weighted by Gasteiger charge is -2.10. The minimum atomic E-state index is 0.526. The second-order valence-electron chi connectivity index (χ2n) is 4.35. The Kier molecular flexibility index (Phi) is 10.5. The van der Waals surface area contributed by atoms with Crippen molar-refractivity contribution in [2.24, 2.45) is 0 Å². The molecule has 0 spiro atoms. The Balaban J connectivity index is 2.11. The lowest BCUT2D eigenvalue weighted by molar-refractivity contribution is 0.0179. The molecule has 0 aliphatic heterocycles. The number of rotatable bonds is 12. The summed E-state index contributed by atoms with van der Waals surface area (Å²) in [5.41, 5.74) is 1.17. The first-order chi connectivity index (χ1) is 10.3. The van der Waals surface area contributed by atoms with Crippen LogP contribution in [-0.4, -0.2) is 53.8 Å². The van der Waals surface area contributed by atoms with Crippen LogP contribution >= 0.6 is 15.9 Å². The molecule has 120 valence electrons. The zero-order valence-electron chi connectivity index (χ0n) is 12.7. The fourth-order valence-corrected chi connectivity index (χ4v) is 2.04. The maximum absolute atomic E-state index is 5.66. The highest BCUT2D eigenvalue weighted by Crippen LogP contribution is 2.22. The van der Waals surface area contributed by atoms with Crippen LogP contribution in [0.25, 0.3) is 0 Å². The van der Waals surface area contributed by atoms with Crippen molar-refractivity contribution >= 4 is 15.9 Å². The van der Waals surface area contributed by atoms with Crippen LogP contribution in [0.2, 0.25) is 0 Å². The smallest absolute Gasteiger partial charge is 0.119 e. The predicted octanol–water partition coefficient (Wildman–Crippen LogP) is 2.23. The summed E-state index contributed by atoms with van der Waals surface area (Å²) in [5.74, 6) is 0.850. The second kappa shape index (κ2) is 11.9. The first-order valence-electron chi connectivity index (χ1n) is 6.98. The highest BCUT2D eigenvalue weighted by molar-refractivity contribution is 9.10. The van der Waals surface area contributed by atoms with E-state index in [4.69, 9.17) is 18.9 Å². The van der Waals surface area contributed by atoms with Gasteiger partial charge in [-0.05, 0) is 30.8 Å². The van der Waals surface area contributed by atoms with Gasteiger partial charge in [0.15, 0.2) is 0 Å². The van der Waals surface area contributed by atoms with Gasteiger partial charge in [-0.25, -0.2) is 0 Å². The summed E-state index contributed by atoms with van der Waals surface area (Å²) in [5, 5.41) is 3.12. The van der Waals surface area contributed by atoms with Gasteiger partial charge >= 0.3 is 0 Å². The molecular formula is C15H24BrNO4. The molecule has 6 heteroatoms. The Hall–Kier alpha value is -0.660. The van der Waals surface area contributed by atoms with Crippen LogP contribution in [0.4, 0.5) is 0 Å². The number of benzene rings is 1. The first-order valence-corrected chi connectivity index (χ1v) is 7.77. The molecule has 0 saturated carbocycles. The fraction of sp³-hybridized carbons (Fsp3) is 0.600. The van der Waals surface area contributed by atoms with Gasteiger partial charge < -0.3 is 24.3 Å². The van der Waals surface area contributed by atoms with E-state index in [-0.39, 0.29) is 0 Å². The summed E-state index contributed by atoms with van der Waals surface area (Å²) in [6.07, 6.45) is 0. The van der Waals surface area contributed by atoms with Crippen LogP contribution in [0, 0.1) is 0 Å². The van der Waals surface area contributed by atoms with Crippen LogP contribution in [0.3, 0.4) is 0 Å². The molecule has 1 aromatic carbocycles. The number of ether oxygens (including phenoxy) is 4. The van der Waals surface area contributed by atoms with E-state index in [9.17, 15) is 0 Å². The Morgan fingerprint density at radius 2 is 1.67 bits per heavy atom. The van der Waals surface area contributed by atoms with Crippen LogP contribution in [0.1, 0.15) is 5.56 Å². The third-order valence-corrected chi connectivity index (χ3v) is 3.46. The molecule has 21 heavy (non-hydrogen) atoms. The molecule has 0 heterocycles. The average Bonchev–Trinajstić information content (AvgIpc) is 2.49. The zero-order valence-corrected chi connectivity index (χ0v) is 14.3. The third-order valence-electron chi connectivity index (χ3n) is 2.68. The van der Waals surface area contributed by atoms with Gasteiger partial charge in [0, 0.05) is 18.1 Å². The molecule has 1 aromatic rings. The molecule has 1 rings (SSSR count). The van der Waals surface area contributed by atoms with E-state index in [0.717, 1.165) is 16.8 Å². The van der Waals surface area contributed by atoms with E-state index in [1.54, 1.807) is 7.11 Å². The van der Waals surface area contributed by atoms with Gasteiger partial charge in [0.1, 0.15) is 12.4 Å². The SMILES string of the molecule is CNCc1cc(OCCOCCOCCOC)ccc1Br. The van der Waals surface area contributed by atoms with Gasteiger partial charge in [-0.2, -0.15) is 0 Å². The lowest BCUT2D eigenvalue weighted by atomic mass is 10.2. The van der Waals surface area contributed by atoms with E-state index in [1.165, 1.54) is 5.56 Å². The van der Waals surface area contributed by atoms with Crippen LogP contribution in [0.15, 0.2) is 22.7 Å². The van der Waals surface area contributed by atoms with Crippen molar-refractivity contribution < 1.29 is 18.9 Å². The quantitative estimate of drug-likeness (QED) is 0.578. The molecule has 0 saturated heterocycles. The van der Waals surface area contributed by atoms with Gasteiger partial charge in [0.25, 0.3) is 0 Å². The van der Waals surface area contributed by atoms with Crippen LogP contribution < -0.4 is 10.1 Å². The molecule has 0 radical (unpaired) electrons. The van der Waals surface area contributed by atoms with E-state index < -0.39 is 0 Å². The van der Waals surface area contributed by atoms with Gasteiger partial charge in [-0.3, -0.25) is 0 Å². The molecule has 0 bridgehead atoms. The van der Waals surface area contributed by atoms with E-state index in [1.807, 2.05) is 25.2 Å². The van der Waals surface area contributed by atoms with E-state index in [0.29, 0.717) is 39.6 Å². The monoisotopic (exact) mass is 361 g/mol. The molecule has 0 aromatic heterocycles. The summed E-state index contributed by atoms with van der Waals surface area (Å²) in [6.45, 7) is 4.23. The largest absolute Gasteiger partial charge is 0.491 e. The van der Waals surface area contributed by atoms with Crippen molar-refractivity contribution in [2.75, 3.05) is 53.8 Å². The summed E-state index contributed by atoms with van der Waals surface area (Å²) in [6, 6.07) is 5.96. The average molecular weight is 362 g/mol. The van der Waals surface area contributed by atoms with Crippen LogP contribution in [-0.2, 0) is 20.8 Å². The molecule has 0 aliphatic carbocycles. The van der Waals surface area contributed by atoms with Gasteiger partial charge in [0.2, 0.25) is 0 Å². The Morgan fingerprint density at radius 3 is 2.33 bits per heavy atom. The topological polar surface area (TPSA) is 49.0 Å². The number of hydrogen-bond acceptors (Lipinski definition) is 5. The number of methoxy groups -OCH3 is 1. The zero-order chi connectivity index (χ0) is 15.3. The van der Waals surface area contributed by atoms with Crippen molar-refractivity contribution in [3.05, 3.63) is 28.2 Å². The molecule has 1 N–H and O–H groups in total. The van der Waals surface area contributed by atoms with Crippen LogP contribution in [0.5, 0.6) is 5.75 Å². The maximum Gasteiger partial charge on any atom is 0.119 e. The minimum absolute atomic E-state index is 0.526. The van der Waals surface area contributed by atoms with Crippen molar-refractivity contribution in [1.29, 1.82) is 0 Å². The number of nitrogens with one attached hydrogen (secondary N) is 1. The molecule has 0 aliphatic rings. The van der Waals surface area contributed by atoms with Crippen molar-refractivity contribution in [2.45, 2.75) is 6.54 Å². The van der Waals surface area contributed by atoms with E-state index >= 15 is 0 Å². The normalized spacial score (nSPS) is 10.8. The summed E-state index contributed by atoms with van der Waals surface area (Å²) >= 11 is 3.52. The number of halogens is 1. The third kappa shape index (κ3) is 8.38. The van der Waals surface area contributed by atoms with Crippen molar-refractivity contribution in [3.63, 3.8) is 0 Å². The highest BCUT2D eigenvalue weighted by atomic mass is 79.9. The summed E-state index contributed by atoms with van der Waals surface area (Å²) < 4.78 is 22.3. The molecule has 0 atom stereocenters. The van der Waals surface area contributed by atoms with Crippen molar-refractivity contribution in [3.8, 4) is 5.75 Å². The standard InChI is InChI=1S/C15H24BrNO4/c1-17-12-13-11-14(3-4-15(13)16)21-10-9-20-8-7-19-6-5-18-2/h3-4,11,17H,5-10,12H2,1-2H3. The van der Waals surface area contributed by atoms with Gasteiger partial charge in [0.05, 0.1) is 33.0 Å². The molecule has 0 unspecified atom stereocenters. The first kappa shape index (κ1) is 18.4. The van der Waals surface area contributed by atoms with Gasteiger partial charge in [-0.15, -0.1) is 0 Å². The Labute approximate surface area is 135 Å². The number of hydrogen-bond donors (Lipinski definition) is 1. The minimum Gasteiger partial charge on any atom is -0.491 e. The highest BCUT2D eigenvalue weighted by Gasteiger charge is 2.02. The summed E-state index contributed by atoms with van der Waals surface area (Å²) in [7, 11) is 3.57. The molecule has 5 nitrogen and oxygen atoms in total. The Morgan fingerprint density at radius 1 is 1.00 bits per heavy atom. The molecule has 0 fully saturated rings. The fourth-order valence-electron chi connectivity index (χ4n) is 1.65. The summed E-state index contributed by atoms with van der Waals surface area (Å²) in [4.78, 5) is 0. The second-order valence-corrected chi connectivity index (χ2v) is 5.20. The predicted molar refractivity (Wildman–Crippen MR) is 85.9 cm³/mol. The lowest BCUT2D eigenvalue weighted by Crippen LogP contribution is -2.12. The van der Waals surface area contributed by atoms with Gasteiger partial charge in [-0.1, -0.05) is 15.9 Å².